The third kappa shape index (κ3) is 3.25. The van der Waals surface area contributed by atoms with E-state index in [1.165, 1.54) is 64.2 Å². The third-order valence-electron chi connectivity index (χ3n) is 9.39. The first-order chi connectivity index (χ1) is 13.3. The van der Waals surface area contributed by atoms with Crippen LogP contribution in [0.2, 0.25) is 0 Å². The summed E-state index contributed by atoms with van der Waals surface area (Å²) in [5.74, 6) is 1.21. The van der Waals surface area contributed by atoms with Gasteiger partial charge in [-0.15, -0.1) is 0 Å². The molecular weight excluding hydrogens is 340 g/mol. The maximum absolute atomic E-state index is 6.92. The molecule has 28 heavy (non-hydrogen) atoms. The fourth-order valence-electron chi connectivity index (χ4n) is 6.75. The van der Waals surface area contributed by atoms with Crippen molar-refractivity contribution < 1.29 is 0 Å². The van der Waals surface area contributed by atoms with Gasteiger partial charge < -0.3 is 11.5 Å². The molecule has 0 radical (unpaired) electrons. The zero-order chi connectivity index (χ0) is 20.0. The fraction of sp³-hybridized carbons (Fsp3) is 0.769. The zero-order valence-electron chi connectivity index (χ0n) is 18.5. The van der Waals surface area contributed by atoms with Gasteiger partial charge in [-0.25, -0.2) is 0 Å². The van der Waals surface area contributed by atoms with Crippen molar-refractivity contribution in [1.82, 2.24) is 0 Å². The van der Waals surface area contributed by atoms with Crippen molar-refractivity contribution in [2.75, 3.05) is 0 Å². The van der Waals surface area contributed by atoms with Gasteiger partial charge in [0.1, 0.15) is 0 Å². The monoisotopic (exact) mass is 382 g/mol. The van der Waals surface area contributed by atoms with Crippen LogP contribution in [0.1, 0.15) is 97.8 Å². The van der Waals surface area contributed by atoms with Crippen molar-refractivity contribution in [2.45, 2.75) is 109 Å². The minimum Gasteiger partial charge on any atom is -0.324 e. The summed E-state index contributed by atoms with van der Waals surface area (Å²) in [5, 5.41) is 0. The van der Waals surface area contributed by atoms with E-state index in [0.717, 1.165) is 18.8 Å². The highest BCUT2D eigenvalue weighted by molar-refractivity contribution is 5.46. The van der Waals surface area contributed by atoms with Crippen molar-refractivity contribution in [1.29, 1.82) is 0 Å². The second-order valence-corrected chi connectivity index (χ2v) is 10.9. The summed E-state index contributed by atoms with van der Waals surface area (Å²) in [6.45, 7) is 6.73. The Morgan fingerprint density at radius 1 is 0.929 bits per heavy atom. The topological polar surface area (TPSA) is 52.0 Å². The average molecular weight is 383 g/mol. The Hall–Kier alpha value is -0.860. The van der Waals surface area contributed by atoms with Crippen molar-refractivity contribution >= 4 is 0 Å². The van der Waals surface area contributed by atoms with E-state index in [-0.39, 0.29) is 11.1 Å². The van der Waals surface area contributed by atoms with Gasteiger partial charge in [0.05, 0.1) is 0 Å². The Morgan fingerprint density at radius 2 is 1.68 bits per heavy atom. The molecule has 4 unspecified atom stereocenters. The molecule has 0 aromatic rings. The van der Waals surface area contributed by atoms with Crippen LogP contribution < -0.4 is 11.5 Å². The van der Waals surface area contributed by atoms with Gasteiger partial charge in [-0.05, 0) is 88.0 Å². The number of hydrogen-bond donors (Lipinski definition) is 2. The molecule has 156 valence electrons. The van der Waals surface area contributed by atoms with Gasteiger partial charge in [-0.3, -0.25) is 0 Å². The Balaban J connectivity index is 1.68. The van der Waals surface area contributed by atoms with E-state index in [0.29, 0.717) is 11.3 Å². The molecule has 1 spiro atoms. The normalized spacial score (nSPS) is 46.8. The van der Waals surface area contributed by atoms with Crippen LogP contribution in [0.25, 0.3) is 0 Å². The SMILES string of the molecule is CC1CCCCCC2=C3/CC(\C(=C/C=C\2)CCC(C)(N)C1(C)N)C31CCCC1. The maximum atomic E-state index is 6.92. The van der Waals surface area contributed by atoms with Crippen LogP contribution in [-0.2, 0) is 0 Å². The Morgan fingerprint density at radius 3 is 2.43 bits per heavy atom. The summed E-state index contributed by atoms with van der Waals surface area (Å²) in [6.07, 6.45) is 22.7. The quantitative estimate of drug-likeness (QED) is 0.526. The van der Waals surface area contributed by atoms with Gasteiger partial charge in [0.25, 0.3) is 0 Å². The van der Waals surface area contributed by atoms with Crippen LogP contribution in [0.15, 0.2) is 34.9 Å². The van der Waals surface area contributed by atoms with Crippen LogP contribution in [-0.4, -0.2) is 11.1 Å². The molecule has 0 aromatic carbocycles. The first-order valence-corrected chi connectivity index (χ1v) is 12.0. The Bertz CT molecular complexity index is 685. The lowest BCUT2D eigenvalue weighted by Crippen LogP contribution is -2.65. The van der Waals surface area contributed by atoms with Gasteiger partial charge in [0, 0.05) is 11.1 Å². The molecule has 4 atom stereocenters. The second-order valence-electron chi connectivity index (χ2n) is 10.9. The van der Waals surface area contributed by atoms with E-state index in [4.69, 9.17) is 11.5 Å². The Labute approximate surface area is 172 Å². The van der Waals surface area contributed by atoms with E-state index < -0.39 is 0 Å². The van der Waals surface area contributed by atoms with E-state index in [9.17, 15) is 0 Å². The summed E-state index contributed by atoms with van der Waals surface area (Å²) in [7, 11) is 0. The van der Waals surface area contributed by atoms with Crippen molar-refractivity contribution in [2.24, 2.45) is 28.7 Å². The molecule has 0 heterocycles. The molecule has 6 rings (SSSR count). The lowest BCUT2D eigenvalue weighted by molar-refractivity contribution is 0.139. The standard InChI is InChI=1S/C26H42N2/c1-19-10-5-4-6-11-20-12-9-13-21(14-17-24(2,27)25(19,3)28)23-18-22(20)26(23)15-7-8-16-26/h9,12-13,19,23H,4-8,10-11,14-18,27-28H2,1-3H3/b12-9-,21-13-,22-20+. The van der Waals surface area contributed by atoms with E-state index >= 15 is 0 Å². The molecule has 2 fully saturated rings. The molecule has 6 aliphatic rings. The predicted octanol–water partition coefficient (Wildman–Crippen LogP) is 6.17. The molecule has 4 N–H and O–H groups in total. The molecule has 0 aromatic heterocycles. The van der Waals surface area contributed by atoms with Gasteiger partial charge >= 0.3 is 0 Å². The van der Waals surface area contributed by atoms with Crippen LogP contribution in [0.4, 0.5) is 0 Å². The molecule has 2 saturated carbocycles. The van der Waals surface area contributed by atoms with Gasteiger partial charge in [-0.2, -0.15) is 0 Å². The molecular formula is C26H42N2. The summed E-state index contributed by atoms with van der Waals surface area (Å²) >= 11 is 0. The largest absolute Gasteiger partial charge is 0.324 e. The molecule has 4 bridgehead atoms. The van der Waals surface area contributed by atoms with Crippen LogP contribution in [0, 0.1) is 17.3 Å². The summed E-state index contributed by atoms with van der Waals surface area (Å²) in [4.78, 5) is 0. The minimum absolute atomic E-state index is 0.326. The molecule has 0 amide bonds. The minimum atomic E-state index is -0.337. The third-order valence-corrected chi connectivity index (χ3v) is 9.39. The number of hydrogen-bond acceptors (Lipinski definition) is 2. The van der Waals surface area contributed by atoms with Crippen LogP contribution in [0.3, 0.4) is 0 Å². The lowest BCUT2D eigenvalue weighted by atomic mass is 9.51. The summed E-state index contributed by atoms with van der Waals surface area (Å²) in [5.41, 5.74) is 18.8. The summed E-state index contributed by atoms with van der Waals surface area (Å²) in [6, 6.07) is 0. The number of rotatable bonds is 0. The highest BCUT2D eigenvalue weighted by Gasteiger charge is 2.54. The average Bonchev–Trinajstić information content (AvgIpc) is 3.13. The Kier molecular flexibility index (Phi) is 5.42. The number of nitrogens with two attached hydrogens (primary N) is 2. The first-order valence-electron chi connectivity index (χ1n) is 12.0. The molecule has 0 aliphatic heterocycles. The zero-order valence-corrected chi connectivity index (χ0v) is 18.5. The molecule has 6 aliphatic carbocycles. The van der Waals surface area contributed by atoms with E-state index in [1.54, 1.807) is 11.1 Å². The van der Waals surface area contributed by atoms with Crippen molar-refractivity contribution in [3.05, 3.63) is 34.9 Å². The van der Waals surface area contributed by atoms with Crippen molar-refractivity contribution in [3.63, 3.8) is 0 Å². The smallest absolute Gasteiger partial charge is 0.0331 e. The second kappa shape index (κ2) is 7.43. The molecule has 2 heteroatoms. The lowest BCUT2D eigenvalue weighted by Gasteiger charge is -2.54. The number of fused-ring (bicyclic) bond motifs is 1. The van der Waals surface area contributed by atoms with Crippen LogP contribution in [0.5, 0.6) is 0 Å². The summed E-state index contributed by atoms with van der Waals surface area (Å²) < 4.78 is 0. The van der Waals surface area contributed by atoms with Crippen LogP contribution >= 0.6 is 0 Å². The van der Waals surface area contributed by atoms with Gasteiger partial charge in [0.15, 0.2) is 0 Å². The van der Waals surface area contributed by atoms with Crippen molar-refractivity contribution in [3.8, 4) is 0 Å². The highest BCUT2D eigenvalue weighted by Crippen LogP contribution is 2.65. The highest BCUT2D eigenvalue weighted by atomic mass is 14.9. The molecule has 2 nitrogen and oxygen atoms in total. The van der Waals surface area contributed by atoms with Gasteiger partial charge in [0.2, 0.25) is 0 Å². The van der Waals surface area contributed by atoms with Gasteiger partial charge in [-0.1, -0.05) is 62.0 Å². The fourth-order valence-corrected chi connectivity index (χ4v) is 6.75. The molecule has 0 saturated heterocycles. The van der Waals surface area contributed by atoms with E-state index in [2.05, 4.69) is 39.0 Å². The predicted molar refractivity (Wildman–Crippen MR) is 120 cm³/mol. The first kappa shape index (κ1) is 20.4. The van der Waals surface area contributed by atoms with E-state index in [1.807, 2.05) is 5.57 Å². The maximum Gasteiger partial charge on any atom is 0.0331 e. The number of allylic oxidation sites excluding steroid dienone is 6.